The Morgan fingerprint density at radius 3 is 2.41 bits per heavy atom. The number of thiophene rings is 1. The molecule has 3 aromatic rings. The topological polar surface area (TPSA) is 0 Å². The first-order valence-electron chi connectivity index (χ1n) is 6.19. The molecule has 0 atom stereocenters. The maximum absolute atomic E-state index is 2.37. The molecular formula is C16H16S. The van der Waals surface area contributed by atoms with Gasteiger partial charge in [0.1, 0.15) is 0 Å². The normalized spacial score (nSPS) is 11.4. The molecule has 0 N–H and O–H groups in total. The van der Waals surface area contributed by atoms with Crippen molar-refractivity contribution in [3.63, 3.8) is 0 Å². The molecule has 0 aliphatic carbocycles. The van der Waals surface area contributed by atoms with Gasteiger partial charge in [-0.1, -0.05) is 31.0 Å². The first-order valence-corrected chi connectivity index (χ1v) is 7.01. The van der Waals surface area contributed by atoms with Gasteiger partial charge in [-0.05, 0) is 43.2 Å². The Bertz CT molecular complexity index is 676. The van der Waals surface area contributed by atoms with Crippen molar-refractivity contribution in [2.75, 3.05) is 0 Å². The fourth-order valence-corrected chi connectivity index (χ4v) is 3.45. The van der Waals surface area contributed by atoms with E-state index in [0.717, 1.165) is 0 Å². The molecule has 0 saturated carbocycles. The third kappa shape index (κ3) is 1.85. The highest BCUT2D eigenvalue weighted by Crippen LogP contribution is 2.34. The Morgan fingerprint density at radius 2 is 1.65 bits per heavy atom. The van der Waals surface area contributed by atoms with Gasteiger partial charge in [0, 0.05) is 20.2 Å². The van der Waals surface area contributed by atoms with Crippen LogP contribution in [-0.2, 0) is 6.42 Å². The van der Waals surface area contributed by atoms with Crippen LogP contribution in [0.5, 0.6) is 0 Å². The summed E-state index contributed by atoms with van der Waals surface area (Å²) < 4.78 is 2.81. The lowest BCUT2D eigenvalue weighted by Crippen LogP contribution is -1.81. The smallest absolute Gasteiger partial charge is 0.0355 e. The van der Waals surface area contributed by atoms with Crippen molar-refractivity contribution >= 4 is 31.5 Å². The van der Waals surface area contributed by atoms with E-state index in [-0.39, 0.29) is 0 Å². The Hall–Kier alpha value is -1.34. The van der Waals surface area contributed by atoms with Crippen LogP contribution < -0.4 is 0 Å². The van der Waals surface area contributed by atoms with E-state index >= 15 is 0 Å². The van der Waals surface area contributed by atoms with Crippen molar-refractivity contribution in [2.24, 2.45) is 0 Å². The fourth-order valence-electron chi connectivity index (χ4n) is 2.38. The molecule has 86 valence electrons. The van der Waals surface area contributed by atoms with Crippen LogP contribution in [0.15, 0.2) is 36.4 Å². The maximum atomic E-state index is 2.37. The molecule has 1 aromatic heterocycles. The molecule has 1 heterocycles. The Balaban J connectivity index is 2.31. The Morgan fingerprint density at radius 1 is 0.941 bits per heavy atom. The van der Waals surface area contributed by atoms with Gasteiger partial charge in [0.15, 0.2) is 0 Å². The molecular weight excluding hydrogens is 224 g/mol. The van der Waals surface area contributed by atoms with E-state index in [9.17, 15) is 0 Å². The minimum absolute atomic E-state index is 1.18. The van der Waals surface area contributed by atoms with E-state index in [4.69, 9.17) is 0 Å². The van der Waals surface area contributed by atoms with E-state index < -0.39 is 0 Å². The van der Waals surface area contributed by atoms with Crippen LogP contribution >= 0.6 is 11.3 Å². The van der Waals surface area contributed by atoms with Gasteiger partial charge in [-0.15, -0.1) is 11.3 Å². The Kier molecular flexibility index (Phi) is 2.64. The third-order valence-corrected chi connectivity index (χ3v) is 4.38. The van der Waals surface area contributed by atoms with Crippen LogP contribution in [0.1, 0.15) is 24.5 Å². The van der Waals surface area contributed by atoms with Crippen molar-refractivity contribution in [3.05, 3.63) is 47.5 Å². The SMILES string of the molecule is CCCc1ccc2sc3ccc(C)cc3c2c1. The molecule has 17 heavy (non-hydrogen) atoms. The summed E-state index contributed by atoms with van der Waals surface area (Å²) in [5.41, 5.74) is 2.80. The van der Waals surface area contributed by atoms with Crippen molar-refractivity contribution in [3.8, 4) is 0 Å². The van der Waals surface area contributed by atoms with E-state index in [2.05, 4.69) is 50.2 Å². The van der Waals surface area contributed by atoms with E-state index in [1.165, 1.54) is 44.1 Å². The second-order valence-corrected chi connectivity index (χ2v) is 5.77. The standard InChI is InChI=1S/C16H16S/c1-3-4-12-6-8-16-14(10-12)13-9-11(2)5-7-15(13)17-16/h5-10H,3-4H2,1-2H3. The third-order valence-electron chi connectivity index (χ3n) is 3.23. The van der Waals surface area contributed by atoms with Gasteiger partial charge in [-0.3, -0.25) is 0 Å². The minimum Gasteiger partial charge on any atom is -0.135 e. The summed E-state index contributed by atoms with van der Waals surface area (Å²) in [5.74, 6) is 0. The van der Waals surface area contributed by atoms with Crippen molar-refractivity contribution in [1.29, 1.82) is 0 Å². The predicted octanol–water partition coefficient (Wildman–Crippen LogP) is 5.32. The zero-order valence-electron chi connectivity index (χ0n) is 10.3. The average Bonchev–Trinajstić information content (AvgIpc) is 2.67. The zero-order chi connectivity index (χ0) is 11.8. The second kappa shape index (κ2) is 4.15. The van der Waals surface area contributed by atoms with Crippen LogP contribution in [0.4, 0.5) is 0 Å². The van der Waals surface area contributed by atoms with E-state index in [0.29, 0.717) is 0 Å². The number of rotatable bonds is 2. The van der Waals surface area contributed by atoms with Crippen LogP contribution in [0, 0.1) is 6.92 Å². The van der Waals surface area contributed by atoms with Crippen molar-refractivity contribution in [1.82, 2.24) is 0 Å². The zero-order valence-corrected chi connectivity index (χ0v) is 11.1. The van der Waals surface area contributed by atoms with Gasteiger partial charge in [0.05, 0.1) is 0 Å². The van der Waals surface area contributed by atoms with Crippen molar-refractivity contribution in [2.45, 2.75) is 26.7 Å². The summed E-state index contributed by atoms with van der Waals surface area (Å²) in [4.78, 5) is 0. The molecule has 0 radical (unpaired) electrons. The number of benzene rings is 2. The molecule has 0 unspecified atom stereocenters. The molecule has 2 aromatic carbocycles. The van der Waals surface area contributed by atoms with Crippen LogP contribution in [0.3, 0.4) is 0 Å². The summed E-state index contributed by atoms with van der Waals surface area (Å²) in [6, 6.07) is 13.7. The van der Waals surface area contributed by atoms with Crippen LogP contribution in [0.2, 0.25) is 0 Å². The minimum atomic E-state index is 1.18. The number of hydrogen-bond donors (Lipinski definition) is 0. The molecule has 0 saturated heterocycles. The highest BCUT2D eigenvalue weighted by Gasteiger charge is 2.05. The summed E-state index contributed by atoms with van der Waals surface area (Å²) in [6.45, 7) is 4.40. The van der Waals surface area contributed by atoms with Gasteiger partial charge in [0.25, 0.3) is 0 Å². The molecule has 0 fully saturated rings. The van der Waals surface area contributed by atoms with Gasteiger partial charge in [0.2, 0.25) is 0 Å². The van der Waals surface area contributed by atoms with Gasteiger partial charge in [-0.2, -0.15) is 0 Å². The number of aryl methyl sites for hydroxylation is 2. The first-order chi connectivity index (χ1) is 8.28. The summed E-state index contributed by atoms with van der Waals surface area (Å²) in [5, 5.41) is 2.85. The highest BCUT2D eigenvalue weighted by molar-refractivity contribution is 7.25. The lowest BCUT2D eigenvalue weighted by atomic mass is 10.1. The molecule has 0 aliphatic rings. The van der Waals surface area contributed by atoms with E-state index in [1.807, 2.05) is 11.3 Å². The molecule has 0 nitrogen and oxygen atoms in total. The number of fused-ring (bicyclic) bond motifs is 3. The highest BCUT2D eigenvalue weighted by atomic mass is 32.1. The van der Waals surface area contributed by atoms with Gasteiger partial charge >= 0.3 is 0 Å². The molecule has 1 heteroatoms. The van der Waals surface area contributed by atoms with Crippen molar-refractivity contribution < 1.29 is 0 Å². The van der Waals surface area contributed by atoms with Gasteiger partial charge in [-0.25, -0.2) is 0 Å². The second-order valence-electron chi connectivity index (χ2n) is 4.68. The lowest BCUT2D eigenvalue weighted by molar-refractivity contribution is 0.924. The molecule has 0 bridgehead atoms. The lowest BCUT2D eigenvalue weighted by Gasteiger charge is -1.99. The summed E-state index contributed by atoms with van der Waals surface area (Å²) >= 11 is 1.90. The summed E-state index contributed by atoms with van der Waals surface area (Å²) in [6.07, 6.45) is 2.39. The molecule has 3 rings (SSSR count). The Labute approximate surface area is 106 Å². The van der Waals surface area contributed by atoms with Crippen LogP contribution in [-0.4, -0.2) is 0 Å². The number of hydrogen-bond acceptors (Lipinski definition) is 1. The average molecular weight is 240 g/mol. The van der Waals surface area contributed by atoms with Crippen LogP contribution in [0.25, 0.3) is 20.2 Å². The first kappa shape index (κ1) is 10.8. The maximum Gasteiger partial charge on any atom is 0.0355 e. The molecule has 0 amide bonds. The largest absolute Gasteiger partial charge is 0.135 e. The molecule has 0 aliphatic heterocycles. The van der Waals surface area contributed by atoms with E-state index in [1.54, 1.807) is 0 Å². The quantitative estimate of drug-likeness (QED) is 0.569. The molecule has 0 spiro atoms. The summed E-state index contributed by atoms with van der Waals surface area (Å²) in [7, 11) is 0. The monoisotopic (exact) mass is 240 g/mol. The van der Waals surface area contributed by atoms with Gasteiger partial charge < -0.3 is 0 Å². The predicted molar refractivity (Wildman–Crippen MR) is 78.1 cm³/mol. The fraction of sp³-hybridized carbons (Fsp3) is 0.250.